The average molecular weight is 363 g/mol. The zero-order chi connectivity index (χ0) is 16.8. The third-order valence-electron chi connectivity index (χ3n) is 4.10. The van der Waals surface area contributed by atoms with Gasteiger partial charge in [-0.25, -0.2) is 4.39 Å². The van der Waals surface area contributed by atoms with E-state index in [9.17, 15) is 4.39 Å². The fourth-order valence-electron chi connectivity index (χ4n) is 2.90. The van der Waals surface area contributed by atoms with Crippen LogP contribution < -0.4 is 5.32 Å². The summed E-state index contributed by atoms with van der Waals surface area (Å²) >= 11 is 12.2. The maximum Gasteiger partial charge on any atom is 0.171 e. The van der Waals surface area contributed by atoms with Crippen molar-refractivity contribution in [1.82, 2.24) is 14.8 Å². The molecule has 3 aromatic rings. The second-order valence-electron chi connectivity index (χ2n) is 5.78. The van der Waals surface area contributed by atoms with Crippen LogP contribution >= 0.6 is 23.2 Å². The Labute approximate surface area is 148 Å². The zero-order valence-electron chi connectivity index (χ0n) is 12.7. The van der Waals surface area contributed by atoms with Crippen LogP contribution in [0, 0.1) is 5.82 Å². The van der Waals surface area contributed by atoms with Crippen molar-refractivity contribution in [3.8, 4) is 17.1 Å². The van der Waals surface area contributed by atoms with Crippen molar-refractivity contribution in [2.24, 2.45) is 0 Å². The van der Waals surface area contributed by atoms with E-state index in [0.29, 0.717) is 28.0 Å². The number of nitrogens with zero attached hydrogens (tertiary/aromatic N) is 3. The van der Waals surface area contributed by atoms with Gasteiger partial charge in [-0.2, -0.15) is 0 Å². The Hall–Kier alpha value is -2.11. The molecule has 0 bridgehead atoms. The highest BCUT2D eigenvalue weighted by Crippen LogP contribution is 2.35. The van der Waals surface area contributed by atoms with Gasteiger partial charge in [0, 0.05) is 22.5 Å². The van der Waals surface area contributed by atoms with Crippen molar-refractivity contribution in [1.29, 1.82) is 0 Å². The van der Waals surface area contributed by atoms with E-state index < -0.39 is 5.82 Å². The van der Waals surface area contributed by atoms with Gasteiger partial charge >= 0.3 is 0 Å². The molecule has 1 aromatic heterocycles. The maximum atomic E-state index is 14.4. The first-order valence-electron chi connectivity index (χ1n) is 7.49. The number of rotatable bonds is 1. The van der Waals surface area contributed by atoms with Gasteiger partial charge in [0.2, 0.25) is 0 Å². The fraction of sp³-hybridized carbons (Fsp3) is 0.176. The van der Waals surface area contributed by atoms with Crippen LogP contribution in [0.4, 0.5) is 10.1 Å². The van der Waals surface area contributed by atoms with Crippen LogP contribution in [0.1, 0.15) is 18.7 Å². The minimum absolute atomic E-state index is 0.0969. The molecular weight excluding hydrogens is 350 g/mol. The highest BCUT2D eigenvalue weighted by molar-refractivity contribution is 6.31. The van der Waals surface area contributed by atoms with E-state index in [-0.39, 0.29) is 5.92 Å². The topological polar surface area (TPSA) is 42.7 Å². The number of benzene rings is 2. The predicted molar refractivity (Wildman–Crippen MR) is 93.7 cm³/mol. The number of nitrogens with one attached hydrogen (secondary N) is 1. The second kappa shape index (κ2) is 5.76. The summed E-state index contributed by atoms with van der Waals surface area (Å²) in [6.07, 6.45) is 0. The van der Waals surface area contributed by atoms with Gasteiger partial charge in [0.05, 0.1) is 16.9 Å². The molecular formula is C17H13Cl2FN4. The van der Waals surface area contributed by atoms with Crippen LogP contribution in [0.15, 0.2) is 36.4 Å². The summed E-state index contributed by atoms with van der Waals surface area (Å²) in [6, 6.07) is 9.92. The smallest absolute Gasteiger partial charge is 0.171 e. The Balaban J connectivity index is 2.02. The lowest BCUT2D eigenvalue weighted by Crippen LogP contribution is -2.09. The van der Waals surface area contributed by atoms with Gasteiger partial charge in [0.1, 0.15) is 11.6 Å². The molecule has 0 amide bonds. The van der Waals surface area contributed by atoms with Crippen LogP contribution in [-0.2, 0) is 0 Å². The van der Waals surface area contributed by atoms with Crippen LogP contribution in [-0.4, -0.2) is 21.3 Å². The van der Waals surface area contributed by atoms with Gasteiger partial charge in [-0.05, 0) is 36.4 Å². The molecule has 7 heteroatoms. The molecule has 1 aliphatic rings. The summed E-state index contributed by atoms with van der Waals surface area (Å²) in [5.74, 6) is 0.886. The minimum Gasteiger partial charge on any atom is -0.383 e. The van der Waals surface area contributed by atoms with Crippen molar-refractivity contribution >= 4 is 28.9 Å². The molecule has 24 heavy (non-hydrogen) atoms. The molecule has 0 fully saturated rings. The molecule has 2 aromatic carbocycles. The monoisotopic (exact) mass is 362 g/mol. The summed E-state index contributed by atoms with van der Waals surface area (Å²) in [5.41, 5.74) is 2.01. The Kier molecular flexibility index (Phi) is 3.70. The quantitative estimate of drug-likeness (QED) is 0.668. The number of halogens is 3. The van der Waals surface area contributed by atoms with Gasteiger partial charge in [-0.1, -0.05) is 30.1 Å². The van der Waals surface area contributed by atoms with Gasteiger partial charge in [0.15, 0.2) is 5.82 Å². The first kappa shape index (κ1) is 15.4. The molecule has 0 unspecified atom stereocenters. The normalized spacial score (nSPS) is 16.1. The molecule has 0 spiro atoms. The van der Waals surface area contributed by atoms with Crippen LogP contribution in [0.25, 0.3) is 17.1 Å². The highest BCUT2D eigenvalue weighted by atomic mass is 35.5. The van der Waals surface area contributed by atoms with Gasteiger partial charge in [-0.15, -0.1) is 10.2 Å². The summed E-state index contributed by atoms with van der Waals surface area (Å²) in [4.78, 5) is 0. The number of fused-ring (bicyclic) bond motifs is 3. The molecule has 4 nitrogen and oxygen atoms in total. The molecule has 0 saturated heterocycles. The van der Waals surface area contributed by atoms with Gasteiger partial charge in [0.25, 0.3) is 0 Å². The van der Waals surface area contributed by atoms with Crippen molar-refractivity contribution in [2.45, 2.75) is 12.8 Å². The lowest BCUT2D eigenvalue weighted by molar-refractivity contribution is 0.629. The lowest BCUT2D eigenvalue weighted by Gasteiger charge is -2.13. The largest absolute Gasteiger partial charge is 0.383 e. The third kappa shape index (κ3) is 2.44. The first-order valence-corrected chi connectivity index (χ1v) is 8.24. The molecule has 1 atom stereocenters. The summed E-state index contributed by atoms with van der Waals surface area (Å²) < 4.78 is 16.2. The van der Waals surface area contributed by atoms with Crippen molar-refractivity contribution in [2.75, 3.05) is 11.9 Å². The Morgan fingerprint density at radius 1 is 1.12 bits per heavy atom. The average Bonchev–Trinajstić information content (AvgIpc) is 2.94. The van der Waals surface area contributed by atoms with E-state index in [0.717, 1.165) is 17.2 Å². The van der Waals surface area contributed by atoms with Crippen molar-refractivity contribution in [3.05, 3.63) is 58.1 Å². The fourth-order valence-corrected chi connectivity index (χ4v) is 3.24. The standard InChI is InChI=1S/C17H13Cl2FN4/c1-9-8-21-14-7-11(19)3-5-15(14)24-16(9)22-23-17(24)12-6-10(18)2-4-13(12)20/h2-7,9,21H,8H2,1H3/t9-/m1/s1. The van der Waals surface area contributed by atoms with E-state index >= 15 is 0 Å². The molecule has 2 heterocycles. The van der Waals surface area contributed by atoms with E-state index in [1.54, 1.807) is 12.1 Å². The molecule has 4 rings (SSSR count). The van der Waals surface area contributed by atoms with Crippen LogP contribution in [0.5, 0.6) is 0 Å². The minimum atomic E-state index is -0.394. The summed E-state index contributed by atoms with van der Waals surface area (Å²) in [7, 11) is 0. The van der Waals surface area contributed by atoms with E-state index in [4.69, 9.17) is 23.2 Å². The summed E-state index contributed by atoms with van der Waals surface area (Å²) in [6.45, 7) is 2.72. The Morgan fingerprint density at radius 3 is 2.71 bits per heavy atom. The molecule has 0 aliphatic carbocycles. The number of aromatic nitrogens is 3. The molecule has 0 saturated carbocycles. The predicted octanol–water partition coefficient (Wildman–Crippen LogP) is 4.91. The molecule has 0 radical (unpaired) electrons. The third-order valence-corrected chi connectivity index (χ3v) is 4.57. The SMILES string of the molecule is C[C@@H]1CNc2cc(Cl)ccc2-n2c(-c3cc(Cl)ccc3F)nnc21. The van der Waals surface area contributed by atoms with E-state index in [2.05, 4.69) is 15.5 Å². The van der Waals surface area contributed by atoms with Crippen molar-refractivity contribution in [3.63, 3.8) is 0 Å². The van der Waals surface area contributed by atoms with Crippen LogP contribution in [0.3, 0.4) is 0 Å². The number of anilines is 1. The number of hydrogen-bond acceptors (Lipinski definition) is 3. The Bertz CT molecular complexity index is 938. The summed E-state index contributed by atoms with van der Waals surface area (Å²) in [5, 5.41) is 13.0. The van der Waals surface area contributed by atoms with Gasteiger partial charge < -0.3 is 5.32 Å². The van der Waals surface area contributed by atoms with Gasteiger partial charge in [-0.3, -0.25) is 4.57 Å². The maximum absolute atomic E-state index is 14.4. The molecule has 122 valence electrons. The highest BCUT2D eigenvalue weighted by Gasteiger charge is 2.26. The van der Waals surface area contributed by atoms with Crippen LogP contribution in [0.2, 0.25) is 10.0 Å². The molecule has 1 aliphatic heterocycles. The zero-order valence-corrected chi connectivity index (χ0v) is 14.2. The Morgan fingerprint density at radius 2 is 1.88 bits per heavy atom. The van der Waals surface area contributed by atoms with Crippen molar-refractivity contribution < 1.29 is 4.39 Å². The molecule has 1 N–H and O–H groups in total. The second-order valence-corrected chi connectivity index (χ2v) is 6.66. The number of hydrogen-bond donors (Lipinski definition) is 1. The van der Waals surface area contributed by atoms with E-state index in [1.165, 1.54) is 12.1 Å². The van der Waals surface area contributed by atoms with E-state index in [1.807, 2.05) is 23.6 Å². The lowest BCUT2D eigenvalue weighted by atomic mass is 10.1. The first-order chi connectivity index (χ1) is 11.5.